The number of benzene rings is 1. The van der Waals surface area contributed by atoms with Crippen LogP contribution in [0.1, 0.15) is 16.8 Å². The second kappa shape index (κ2) is 6.59. The summed E-state index contributed by atoms with van der Waals surface area (Å²) in [6.07, 6.45) is 1.28. The molecule has 1 atom stereocenters. The fourth-order valence-corrected chi connectivity index (χ4v) is 1.76. The first-order valence-electron chi connectivity index (χ1n) is 5.50. The summed E-state index contributed by atoms with van der Waals surface area (Å²) in [7, 11) is 0. The van der Waals surface area contributed by atoms with Crippen molar-refractivity contribution in [3.8, 4) is 5.75 Å². The van der Waals surface area contributed by atoms with E-state index in [-0.39, 0.29) is 30.8 Å². The molecule has 1 aliphatic heterocycles. The first kappa shape index (κ1) is 14.0. The number of halogens is 1. The molecule has 1 heterocycles. The molecule has 0 spiro atoms. The quantitative estimate of drug-likeness (QED) is 0.789. The van der Waals surface area contributed by atoms with Gasteiger partial charge in [-0.25, -0.2) is 0 Å². The van der Waals surface area contributed by atoms with E-state index < -0.39 is 0 Å². The van der Waals surface area contributed by atoms with E-state index in [0.29, 0.717) is 5.56 Å². The zero-order chi connectivity index (χ0) is 11.4. The van der Waals surface area contributed by atoms with Gasteiger partial charge in [-0.1, -0.05) is 0 Å². The number of hydrogen-bond acceptors (Lipinski definition) is 4. The van der Waals surface area contributed by atoms with Crippen molar-refractivity contribution in [2.75, 3.05) is 19.6 Å². The van der Waals surface area contributed by atoms with Gasteiger partial charge in [0, 0.05) is 12.1 Å². The van der Waals surface area contributed by atoms with Gasteiger partial charge < -0.3 is 15.8 Å². The number of carbonyl (C=O) groups is 1. The lowest BCUT2D eigenvalue weighted by molar-refractivity contribution is 0.100. The van der Waals surface area contributed by atoms with E-state index in [1.165, 1.54) is 0 Å². The van der Waals surface area contributed by atoms with E-state index in [0.717, 1.165) is 25.3 Å². The molecule has 0 saturated carbocycles. The lowest BCUT2D eigenvalue weighted by Crippen LogP contribution is -2.19. The van der Waals surface area contributed by atoms with Crippen molar-refractivity contribution in [3.05, 3.63) is 29.8 Å². The Morgan fingerprint density at radius 3 is 2.65 bits per heavy atom. The fourth-order valence-electron chi connectivity index (χ4n) is 1.76. The Balaban J connectivity index is 0.00000144. The van der Waals surface area contributed by atoms with Gasteiger partial charge in [-0.3, -0.25) is 4.79 Å². The highest BCUT2D eigenvalue weighted by atomic mass is 35.5. The van der Waals surface area contributed by atoms with Gasteiger partial charge in [-0.05, 0) is 37.2 Å². The molecule has 94 valence electrons. The summed E-state index contributed by atoms with van der Waals surface area (Å²) >= 11 is 0. The van der Waals surface area contributed by atoms with Crippen molar-refractivity contribution in [2.45, 2.75) is 12.5 Å². The Kier molecular flexibility index (Phi) is 5.41. The predicted molar refractivity (Wildman–Crippen MR) is 69.0 cm³/mol. The molecule has 0 amide bonds. The lowest BCUT2D eigenvalue weighted by Gasteiger charge is -2.12. The summed E-state index contributed by atoms with van der Waals surface area (Å²) in [5, 5.41) is 3.24. The van der Waals surface area contributed by atoms with Crippen LogP contribution >= 0.6 is 12.4 Å². The van der Waals surface area contributed by atoms with Crippen LogP contribution in [-0.2, 0) is 0 Å². The summed E-state index contributed by atoms with van der Waals surface area (Å²) in [5.74, 6) is 0.761. The zero-order valence-corrected chi connectivity index (χ0v) is 10.3. The molecular weight excluding hydrogens is 240 g/mol. The van der Waals surface area contributed by atoms with Crippen LogP contribution in [0.15, 0.2) is 24.3 Å². The molecule has 2 rings (SSSR count). The van der Waals surface area contributed by atoms with E-state index in [4.69, 9.17) is 10.5 Å². The van der Waals surface area contributed by atoms with Crippen molar-refractivity contribution in [1.29, 1.82) is 0 Å². The number of ketones is 1. The second-order valence-corrected chi connectivity index (χ2v) is 3.88. The average Bonchev–Trinajstić information content (AvgIpc) is 2.82. The van der Waals surface area contributed by atoms with Crippen molar-refractivity contribution in [3.63, 3.8) is 0 Å². The molecule has 0 radical (unpaired) electrons. The Morgan fingerprint density at radius 2 is 2.12 bits per heavy atom. The summed E-state index contributed by atoms with van der Waals surface area (Å²) < 4.78 is 5.74. The van der Waals surface area contributed by atoms with E-state index in [9.17, 15) is 4.79 Å². The van der Waals surface area contributed by atoms with Crippen molar-refractivity contribution in [2.24, 2.45) is 5.73 Å². The van der Waals surface area contributed by atoms with Crippen LogP contribution in [-0.4, -0.2) is 31.5 Å². The largest absolute Gasteiger partial charge is 0.489 e. The zero-order valence-electron chi connectivity index (χ0n) is 9.52. The molecule has 5 heteroatoms. The predicted octanol–water partition coefficient (Wildman–Crippen LogP) is 0.990. The first-order chi connectivity index (χ1) is 7.79. The highest BCUT2D eigenvalue weighted by Crippen LogP contribution is 2.16. The molecule has 1 unspecified atom stereocenters. The third-order valence-corrected chi connectivity index (χ3v) is 2.68. The van der Waals surface area contributed by atoms with E-state index >= 15 is 0 Å². The van der Waals surface area contributed by atoms with Crippen molar-refractivity contribution in [1.82, 2.24) is 5.32 Å². The molecule has 17 heavy (non-hydrogen) atoms. The molecule has 3 N–H and O–H groups in total. The first-order valence-corrected chi connectivity index (χ1v) is 5.50. The van der Waals surface area contributed by atoms with Crippen LogP contribution in [0.3, 0.4) is 0 Å². The minimum Gasteiger partial charge on any atom is -0.489 e. The van der Waals surface area contributed by atoms with Gasteiger partial charge in [0.05, 0.1) is 6.54 Å². The highest BCUT2D eigenvalue weighted by Gasteiger charge is 2.15. The maximum absolute atomic E-state index is 11.3. The number of rotatable bonds is 4. The van der Waals surface area contributed by atoms with Gasteiger partial charge >= 0.3 is 0 Å². The SMILES string of the molecule is Cl.NCC(=O)c1ccc(OC2CCNC2)cc1. The Labute approximate surface area is 107 Å². The Bertz CT molecular complexity index is 361. The smallest absolute Gasteiger partial charge is 0.176 e. The molecule has 1 fully saturated rings. The Morgan fingerprint density at radius 1 is 1.41 bits per heavy atom. The Hall–Kier alpha value is -1.10. The van der Waals surface area contributed by atoms with E-state index in [2.05, 4.69) is 5.32 Å². The number of hydrogen-bond donors (Lipinski definition) is 2. The van der Waals surface area contributed by atoms with E-state index in [1.54, 1.807) is 12.1 Å². The van der Waals surface area contributed by atoms with Gasteiger partial charge in [-0.2, -0.15) is 0 Å². The molecule has 0 bridgehead atoms. The number of carbonyl (C=O) groups excluding carboxylic acids is 1. The third-order valence-electron chi connectivity index (χ3n) is 2.68. The average molecular weight is 257 g/mol. The summed E-state index contributed by atoms with van der Waals surface area (Å²) in [6, 6.07) is 7.16. The molecule has 1 aromatic carbocycles. The fraction of sp³-hybridized carbons (Fsp3) is 0.417. The standard InChI is InChI=1S/C12H16N2O2.ClH/c13-7-12(15)9-1-3-10(4-2-9)16-11-5-6-14-8-11;/h1-4,11,14H,5-8,13H2;1H. The van der Waals surface area contributed by atoms with Crippen LogP contribution in [0.2, 0.25) is 0 Å². The minimum absolute atomic E-state index is 0. The van der Waals surface area contributed by atoms with Gasteiger partial charge in [0.1, 0.15) is 11.9 Å². The molecule has 1 aromatic rings. The maximum atomic E-state index is 11.3. The highest BCUT2D eigenvalue weighted by molar-refractivity contribution is 5.97. The van der Waals surface area contributed by atoms with Crippen LogP contribution in [0.5, 0.6) is 5.75 Å². The monoisotopic (exact) mass is 256 g/mol. The molecule has 0 aromatic heterocycles. The number of Topliss-reactive ketones (excluding diaryl/α,β-unsaturated/α-hetero) is 1. The minimum atomic E-state index is -0.0471. The normalized spacial score (nSPS) is 18.5. The van der Waals surface area contributed by atoms with Crippen molar-refractivity contribution < 1.29 is 9.53 Å². The second-order valence-electron chi connectivity index (χ2n) is 3.88. The van der Waals surface area contributed by atoms with E-state index in [1.807, 2.05) is 12.1 Å². The van der Waals surface area contributed by atoms with Crippen LogP contribution in [0, 0.1) is 0 Å². The molecule has 1 saturated heterocycles. The van der Waals surface area contributed by atoms with Gasteiger partial charge in [0.25, 0.3) is 0 Å². The molecule has 1 aliphatic rings. The maximum Gasteiger partial charge on any atom is 0.176 e. The molecule has 0 aliphatic carbocycles. The van der Waals surface area contributed by atoms with Gasteiger partial charge in [0.2, 0.25) is 0 Å². The van der Waals surface area contributed by atoms with Crippen LogP contribution < -0.4 is 15.8 Å². The summed E-state index contributed by atoms with van der Waals surface area (Å²) in [4.78, 5) is 11.3. The van der Waals surface area contributed by atoms with Gasteiger partial charge in [-0.15, -0.1) is 12.4 Å². The number of ether oxygens (including phenoxy) is 1. The van der Waals surface area contributed by atoms with Gasteiger partial charge in [0.15, 0.2) is 5.78 Å². The lowest BCUT2D eigenvalue weighted by atomic mass is 10.1. The van der Waals surface area contributed by atoms with Crippen LogP contribution in [0.25, 0.3) is 0 Å². The van der Waals surface area contributed by atoms with Crippen molar-refractivity contribution >= 4 is 18.2 Å². The summed E-state index contributed by atoms with van der Waals surface area (Å²) in [5.41, 5.74) is 5.92. The number of nitrogens with one attached hydrogen (secondary N) is 1. The third kappa shape index (κ3) is 3.70. The summed E-state index contributed by atoms with van der Waals surface area (Å²) in [6.45, 7) is 1.95. The van der Waals surface area contributed by atoms with Crippen LogP contribution in [0.4, 0.5) is 0 Å². The number of nitrogens with two attached hydrogens (primary N) is 1. The topological polar surface area (TPSA) is 64.4 Å². The molecular formula is C12H17ClN2O2. The molecule has 4 nitrogen and oxygen atoms in total.